The summed E-state index contributed by atoms with van der Waals surface area (Å²) in [5, 5.41) is 16.1. The minimum atomic E-state index is -1.37. The van der Waals surface area contributed by atoms with Crippen LogP contribution in [0.25, 0.3) is 0 Å². The van der Waals surface area contributed by atoms with E-state index in [1.807, 2.05) is 0 Å². The van der Waals surface area contributed by atoms with Gasteiger partial charge in [0.25, 0.3) is 0 Å². The summed E-state index contributed by atoms with van der Waals surface area (Å²) in [6.45, 7) is 1.94. The highest BCUT2D eigenvalue weighted by Crippen LogP contribution is 2.39. The van der Waals surface area contributed by atoms with Gasteiger partial charge >= 0.3 is 0 Å². The first-order valence-electron chi connectivity index (χ1n) is 7.56. The molecule has 1 heterocycles. The van der Waals surface area contributed by atoms with E-state index in [1.165, 1.54) is 23.4 Å². The maximum Gasteiger partial charge on any atom is 0.137 e. The number of aromatic nitrogens is 3. The Bertz CT molecular complexity index is 807. The van der Waals surface area contributed by atoms with Gasteiger partial charge in [-0.05, 0) is 29.3 Å². The molecule has 24 heavy (non-hydrogen) atoms. The Morgan fingerprint density at radius 2 is 1.92 bits per heavy atom. The van der Waals surface area contributed by atoms with Crippen molar-refractivity contribution in [2.45, 2.75) is 25.0 Å². The SMILES string of the molecule is CC(c1ccccc1F)C(O)(Cn1cncn1)c1ccc(Cl)cc1. The summed E-state index contributed by atoms with van der Waals surface area (Å²) in [5.41, 5.74) is -0.297. The molecule has 0 amide bonds. The first-order valence-corrected chi connectivity index (χ1v) is 7.94. The Kier molecular flexibility index (Phi) is 4.64. The molecule has 0 aliphatic heterocycles. The average Bonchev–Trinajstić information content (AvgIpc) is 3.08. The van der Waals surface area contributed by atoms with Crippen LogP contribution < -0.4 is 0 Å². The number of benzene rings is 2. The molecular formula is C18H17ClFN3O. The van der Waals surface area contributed by atoms with Gasteiger partial charge in [0.2, 0.25) is 0 Å². The maximum absolute atomic E-state index is 14.3. The zero-order chi connectivity index (χ0) is 17.2. The molecule has 2 atom stereocenters. The lowest BCUT2D eigenvalue weighted by Gasteiger charge is -2.35. The third-order valence-electron chi connectivity index (χ3n) is 4.30. The average molecular weight is 346 g/mol. The summed E-state index contributed by atoms with van der Waals surface area (Å²) in [6.07, 6.45) is 2.92. The zero-order valence-corrected chi connectivity index (χ0v) is 13.9. The van der Waals surface area contributed by atoms with Crippen molar-refractivity contribution < 1.29 is 9.50 Å². The summed E-state index contributed by atoms with van der Waals surface area (Å²) < 4.78 is 15.8. The smallest absolute Gasteiger partial charge is 0.137 e. The highest BCUT2D eigenvalue weighted by molar-refractivity contribution is 6.30. The molecule has 0 spiro atoms. The van der Waals surface area contributed by atoms with Gasteiger partial charge in [-0.25, -0.2) is 14.1 Å². The van der Waals surface area contributed by atoms with E-state index >= 15 is 0 Å². The zero-order valence-electron chi connectivity index (χ0n) is 13.1. The Morgan fingerprint density at radius 1 is 1.21 bits per heavy atom. The van der Waals surface area contributed by atoms with E-state index in [1.54, 1.807) is 49.4 Å². The van der Waals surface area contributed by atoms with Crippen molar-refractivity contribution in [3.8, 4) is 0 Å². The van der Waals surface area contributed by atoms with Crippen LogP contribution in [0.5, 0.6) is 0 Å². The number of rotatable bonds is 5. The van der Waals surface area contributed by atoms with Crippen LogP contribution in [0.2, 0.25) is 5.02 Å². The minimum absolute atomic E-state index is 0.143. The van der Waals surface area contributed by atoms with Crippen LogP contribution in [0.1, 0.15) is 24.0 Å². The van der Waals surface area contributed by atoms with Crippen molar-refractivity contribution in [2.24, 2.45) is 0 Å². The van der Waals surface area contributed by atoms with Crippen molar-refractivity contribution in [1.29, 1.82) is 0 Å². The molecular weight excluding hydrogens is 329 g/mol. The molecule has 4 nitrogen and oxygen atoms in total. The lowest BCUT2D eigenvalue weighted by Crippen LogP contribution is -2.37. The Labute approximate surface area is 144 Å². The van der Waals surface area contributed by atoms with E-state index in [-0.39, 0.29) is 12.4 Å². The third kappa shape index (κ3) is 3.18. The van der Waals surface area contributed by atoms with Crippen LogP contribution in [0.4, 0.5) is 4.39 Å². The van der Waals surface area contributed by atoms with E-state index < -0.39 is 11.5 Å². The van der Waals surface area contributed by atoms with E-state index in [0.717, 1.165) is 0 Å². The van der Waals surface area contributed by atoms with E-state index in [2.05, 4.69) is 10.1 Å². The van der Waals surface area contributed by atoms with Gasteiger partial charge in [0.05, 0.1) is 6.54 Å². The standard InChI is InChI=1S/C18H17ClFN3O/c1-13(16-4-2-3-5-17(16)20)18(24,10-23-12-21-11-22-23)14-6-8-15(19)9-7-14/h2-9,11-13,24H,10H2,1H3. The molecule has 6 heteroatoms. The fourth-order valence-electron chi connectivity index (χ4n) is 2.86. The highest BCUT2D eigenvalue weighted by Gasteiger charge is 2.38. The fourth-order valence-corrected chi connectivity index (χ4v) is 2.99. The second kappa shape index (κ2) is 6.71. The van der Waals surface area contributed by atoms with E-state index in [4.69, 9.17) is 11.6 Å². The number of hydrogen-bond acceptors (Lipinski definition) is 3. The molecule has 0 aliphatic carbocycles. The molecule has 0 saturated heterocycles. The summed E-state index contributed by atoms with van der Waals surface area (Å²) in [5.74, 6) is -0.861. The van der Waals surface area contributed by atoms with Crippen LogP contribution in [0.3, 0.4) is 0 Å². The van der Waals surface area contributed by atoms with Crippen LogP contribution in [-0.2, 0) is 12.1 Å². The molecule has 1 aromatic heterocycles. The molecule has 0 saturated carbocycles. The Balaban J connectivity index is 2.07. The first-order chi connectivity index (χ1) is 11.5. The summed E-state index contributed by atoms with van der Waals surface area (Å²) in [4.78, 5) is 3.91. The van der Waals surface area contributed by atoms with Gasteiger partial charge in [-0.3, -0.25) is 0 Å². The predicted molar refractivity (Wildman–Crippen MR) is 90.2 cm³/mol. The molecule has 3 aromatic rings. The van der Waals surface area contributed by atoms with E-state index in [0.29, 0.717) is 16.1 Å². The molecule has 2 unspecified atom stereocenters. The van der Waals surface area contributed by atoms with Crippen molar-refractivity contribution in [3.63, 3.8) is 0 Å². The third-order valence-corrected chi connectivity index (χ3v) is 4.55. The van der Waals surface area contributed by atoms with Gasteiger partial charge in [0.15, 0.2) is 0 Å². The fraction of sp³-hybridized carbons (Fsp3) is 0.222. The van der Waals surface area contributed by atoms with Gasteiger partial charge in [-0.2, -0.15) is 5.10 Å². The molecule has 2 aromatic carbocycles. The van der Waals surface area contributed by atoms with Gasteiger partial charge in [0, 0.05) is 10.9 Å². The molecule has 0 fully saturated rings. The molecule has 0 bridgehead atoms. The second-order valence-corrected chi connectivity index (χ2v) is 6.20. The minimum Gasteiger partial charge on any atom is -0.383 e. The van der Waals surface area contributed by atoms with Gasteiger partial charge in [-0.15, -0.1) is 0 Å². The van der Waals surface area contributed by atoms with Crippen LogP contribution in [0, 0.1) is 5.82 Å². The van der Waals surface area contributed by atoms with Crippen LogP contribution in [0.15, 0.2) is 61.2 Å². The quantitative estimate of drug-likeness (QED) is 0.766. The first kappa shape index (κ1) is 16.6. The summed E-state index contributed by atoms with van der Waals surface area (Å²) >= 11 is 5.96. The molecule has 1 N–H and O–H groups in total. The molecule has 124 valence electrons. The van der Waals surface area contributed by atoms with E-state index in [9.17, 15) is 9.50 Å². The second-order valence-electron chi connectivity index (χ2n) is 5.77. The summed E-state index contributed by atoms with van der Waals surface area (Å²) in [6, 6.07) is 13.4. The van der Waals surface area contributed by atoms with Crippen molar-refractivity contribution in [2.75, 3.05) is 0 Å². The monoisotopic (exact) mass is 345 g/mol. The van der Waals surface area contributed by atoms with Crippen molar-refractivity contribution in [1.82, 2.24) is 14.8 Å². The van der Waals surface area contributed by atoms with Crippen LogP contribution >= 0.6 is 11.6 Å². The Hall–Kier alpha value is -2.24. The summed E-state index contributed by atoms with van der Waals surface area (Å²) in [7, 11) is 0. The van der Waals surface area contributed by atoms with Gasteiger partial charge in [-0.1, -0.05) is 48.9 Å². The van der Waals surface area contributed by atoms with Crippen molar-refractivity contribution in [3.05, 3.63) is 83.2 Å². The predicted octanol–water partition coefficient (Wildman–Crippen LogP) is 3.76. The number of nitrogens with zero attached hydrogens (tertiary/aromatic N) is 3. The largest absolute Gasteiger partial charge is 0.383 e. The number of hydrogen-bond donors (Lipinski definition) is 1. The molecule has 0 aliphatic rings. The lowest BCUT2D eigenvalue weighted by molar-refractivity contribution is -0.00892. The normalized spacial score (nSPS) is 15.0. The maximum atomic E-state index is 14.3. The van der Waals surface area contributed by atoms with Gasteiger partial charge < -0.3 is 5.11 Å². The number of halogens is 2. The number of aliphatic hydroxyl groups is 1. The molecule has 3 rings (SSSR count). The Morgan fingerprint density at radius 3 is 2.54 bits per heavy atom. The molecule has 0 radical (unpaired) electrons. The highest BCUT2D eigenvalue weighted by atomic mass is 35.5. The topological polar surface area (TPSA) is 50.9 Å². The van der Waals surface area contributed by atoms with Crippen molar-refractivity contribution >= 4 is 11.6 Å². The van der Waals surface area contributed by atoms with Gasteiger partial charge in [0.1, 0.15) is 24.1 Å². The van der Waals surface area contributed by atoms with Crippen LogP contribution in [-0.4, -0.2) is 19.9 Å². The lowest BCUT2D eigenvalue weighted by atomic mass is 9.78.